The number of rotatable bonds is 4. The Morgan fingerprint density at radius 1 is 1.32 bits per heavy atom. The minimum atomic E-state index is -0.234. The predicted molar refractivity (Wildman–Crippen MR) is 95.7 cm³/mol. The largest absolute Gasteiger partial charge is 0.348 e. The number of aryl methyl sites for hydroxylation is 3. The van der Waals surface area contributed by atoms with Crippen LogP contribution in [0.25, 0.3) is 0 Å². The van der Waals surface area contributed by atoms with Crippen LogP contribution < -0.4 is 16.2 Å². The average Bonchev–Trinajstić information content (AvgIpc) is 3.33. The first-order chi connectivity index (χ1) is 12.1. The Morgan fingerprint density at radius 3 is 2.96 bits per heavy atom. The van der Waals surface area contributed by atoms with Gasteiger partial charge in [0.1, 0.15) is 6.04 Å². The summed E-state index contributed by atoms with van der Waals surface area (Å²) in [7, 11) is 1.90. The molecular weight excluding hydrogens is 314 g/mol. The van der Waals surface area contributed by atoms with Crippen LogP contribution in [0.2, 0.25) is 0 Å². The van der Waals surface area contributed by atoms with Gasteiger partial charge in [0.15, 0.2) is 0 Å². The van der Waals surface area contributed by atoms with Crippen molar-refractivity contribution in [3.8, 4) is 0 Å². The fourth-order valence-electron chi connectivity index (χ4n) is 3.83. The van der Waals surface area contributed by atoms with Crippen molar-refractivity contribution in [3.05, 3.63) is 52.8 Å². The van der Waals surface area contributed by atoms with Crippen molar-refractivity contribution < 1.29 is 4.79 Å². The molecule has 3 N–H and O–H groups in total. The number of amides is 1. The molecule has 0 spiro atoms. The Balaban J connectivity index is 1.37. The van der Waals surface area contributed by atoms with Crippen molar-refractivity contribution in [3.63, 3.8) is 0 Å². The van der Waals surface area contributed by atoms with Crippen molar-refractivity contribution in [1.82, 2.24) is 25.9 Å². The summed E-state index contributed by atoms with van der Waals surface area (Å²) in [5.41, 5.74) is 11.5. The van der Waals surface area contributed by atoms with Crippen molar-refractivity contribution in [2.45, 2.75) is 50.7 Å². The third-order valence-corrected chi connectivity index (χ3v) is 5.33. The van der Waals surface area contributed by atoms with Crippen LogP contribution in [-0.2, 0) is 24.7 Å². The number of nitrogens with zero attached hydrogens (tertiary/aromatic N) is 2. The van der Waals surface area contributed by atoms with Gasteiger partial charge in [-0.1, -0.05) is 18.2 Å². The van der Waals surface area contributed by atoms with Gasteiger partial charge in [-0.2, -0.15) is 5.10 Å². The van der Waals surface area contributed by atoms with Crippen molar-refractivity contribution >= 4 is 5.91 Å². The lowest BCUT2D eigenvalue weighted by Crippen LogP contribution is -2.43. The summed E-state index contributed by atoms with van der Waals surface area (Å²) in [6.07, 6.45) is 8.12. The van der Waals surface area contributed by atoms with Crippen LogP contribution in [0.4, 0.5) is 0 Å². The molecule has 25 heavy (non-hydrogen) atoms. The third-order valence-electron chi connectivity index (χ3n) is 5.33. The molecule has 3 atom stereocenters. The monoisotopic (exact) mass is 339 g/mol. The SMILES string of the molecule is CC(NC(=O)C1CC(c2cnn(C)c2)NN1)c1ccc2c(c1)CCC2. The Labute approximate surface area is 148 Å². The lowest BCUT2D eigenvalue weighted by atomic mass is 10.0. The molecule has 4 rings (SSSR count). The van der Waals surface area contributed by atoms with Crippen molar-refractivity contribution in [2.75, 3.05) is 0 Å². The number of hydrogen-bond donors (Lipinski definition) is 3. The number of nitrogens with one attached hydrogen (secondary N) is 3. The molecule has 1 saturated heterocycles. The van der Waals surface area contributed by atoms with Crippen molar-refractivity contribution in [1.29, 1.82) is 0 Å². The number of aromatic nitrogens is 2. The Hall–Kier alpha value is -2.18. The van der Waals surface area contributed by atoms with E-state index in [2.05, 4.69) is 46.4 Å². The normalized spacial score (nSPS) is 23.4. The number of carbonyl (C=O) groups excluding carboxylic acids is 1. The third kappa shape index (κ3) is 3.32. The maximum absolute atomic E-state index is 12.6. The number of hydrogen-bond acceptors (Lipinski definition) is 4. The van der Waals surface area contributed by atoms with Gasteiger partial charge < -0.3 is 5.32 Å². The number of hydrazine groups is 1. The van der Waals surface area contributed by atoms with E-state index in [1.807, 2.05) is 19.4 Å². The van der Waals surface area contributed by atoms with Crippen molar-refractivity contribution in [2.24, 2.45) is 7.05 Å². The molecule has 2 heterocycles. The highest BCUT2D eigenvalue weighted by Gasteiger charge is 2.31. The minimum absolute atomic E-state index is 0.0117. The molecule has 1 aromatic heterocycles. The van der Waals surface area contributed by atoms with Gasteiger partial charge in [0.25, 0.3) is 0 Å². The van der Waals surface area contributed by atoms with E-state index in [4.69, 9.17) is 0 Å². The van der Waals surface area contributed by atoms with Crippen LogP contribution in [0.15, 0.2) is 30.6 Å². The fourth-order valence-corrected chi connectivity index (χ4v) is 3.83. The van der Waals surface area contributed by atoms with Gasteiger partial charge in [-0.05, 0) is 49.3 Å². The maximum atomic E-state index is 12.6. The maximum Gasteiger partial charge on any atom is 0.239 e. The van der Waals surface area contributed by atoms with E-state index in [9.17, 15) is 4.79 Å². The molecule has 6 heteroatoms. The Morgan fingerprint density at radius 2 is 2.16 bits per heavy atom. The van der Waals surface area contributed by atoms with Gasteiger partial charge in [0, 0.05) is 18.8 Å². The zero-order valence-corrected chi connectivity index (χ0v) is 14.7. The molecule has 2 aliphatic rings. The van der Waals surface area contributed by atoms with Crippen LogP contribution in [0.1, 0.15) is 54.1 Å². The summed E-state index contributed by atoms with van der Waals surface area (Å²) >= 11 is 0. The highest BCUT2D eigenvalue weighted by atomic mass is 16.2. The summed E-state index contributed by atoms with van der Waals surface area (Å²) in [4.78, 5) is 12.6. The molecule has 0 bridgehead atoms. The van der Waals surface area contributed by atoms with Crippen LogP contribution in [0, 0.1) is 0 Å². The summed E-state index contributed by atoms with van der Waals surface area (Å²) < 4.78 is 1.78. The fraction of sp³-hybridized carbons (Fsp3) is 0.474. The summed E-state index contributed by atoms with van der Waals surface area (Å²) in [6.45, 7) is 2.05. The Kier molecular flexibility index (Phi) is 4.31. The minimum Gasteiger partial charge on any atom is -0.348 e. The molecule has 2 aromatic rings. The lowest BCUT2D eigenvalue weighted by Gasteiger charge is -2.18. The van der Waals surface area contributed by atoms with Crippen LogP contribution in [0.3, 0.4) is 0 Å². The zero-order valence-electron chi connectivity index (χ0n) is 14.7. The first kappa shape index (κ1) is 16.3. The molecule has 132 valence electrons. The van der Waals surface area contributed by atoms with E-state index in [0.717, 1.165) is 12.0 Å². The van der Waals surface area contributed by atoms with Gasteiger partial charge in [0.2, 0.25) is 5.91 Å². The summed E-state index contributed by atoms with van der Waals surface area (Å²) in [6, 6.07) is 6.51. The molecule has 3 unspecified atom stereocenters. The van der Waals surface area contributed by atoms with E-state index in [1.165, 1.54) is 29.5 Å². The van der Waals surface area contributed by atoms with Gasteiger partial charge in [0.05, 0.1) is 18.3 Å². The first-order valence-corrected chi connectivity index (χ1v) is 9.02. The van der Waals surface area contributed by atoms with Gasteiger partial charge in [-0.15, -0.1) is 0 Å². The number of carbonyl (C=O) groups is 1. The predicted octanol–water partition coefficient (Wildman–Crippen LogP) is 1.69. The van der Waals surface area contributed by atoms with Crippen LogP contribution >= 0.6 is 0 Å². The smallest absolute Gasteiger partial charge is 0.239 e. The van der Waals surface area contributed by atoms with Gasteiger partial charge in [-0.3, -0.25) is 9.48 Å². The molecule has 1 amide bonds. The summed E-state index contributed by atoms with van der Waals surface area (Å²) in [5, 5.41) is 7.34. The van der Waals surface area contributed by atoms with E-state index < -0.39 is 0 Å². The molecule has 1 aliphatic heterocycles. The quantitative estimate of drug-likeness (QED) is 0.793. The lowest BCUT2D eigenvalue weighted by molar-refractivity contribution is -0.123. The first-order valence-electron chi connectivity index (χ1n) is 9.02. The van der Waals surface area contributed by atoms with E-state index in [-0.39, 0.29) is 24.0 Å². The van der Waals surface area contributed by atoms with Crippen LogP contribution in [-0.4, -0.2) is 21.7 Å². The van der Waals surface area contributed by atoms with E-state index in [0.29, 0.717) is 6.42 Å². The molecule has 1 fully saturated rings. The zero-order chi connectivity index (χ0) is 17.4. The molecule has 1 aromatic carbocycles. The molecular formula is C19H25N5O. The van der Waals surface area contributed by atoms with Crippen LogP contribution in [0.5, 0.6) is 0 Å². The second kappa shape index (κ2) is 6.61. The average molecular weight is 339 g/mol. The highest BCUT2D eigenvalue weighted by Crippen LogP contribution is 2.26. The molecule has 1 aliphatic carbocycles. The second-order valence-electron chi connectivity index (χ2n) is 7.19. The molecule has 0 radical (unpaired) electrons. The van der Waals surface area contributed by atoms with E-state index >= 15 is 0 Å². The molecule has 6 nitrogen and oxygen atoms in total. The highest BCUT2D eigenvalue weighted by molar-refractivity contribution is 5.82. The number of benzene rings is 1. The van der Waals surface area contributed by atoms with Gasteiger partial charge >= 0.3 is 0 Å². The Bertz CT molecular complexity index is 784. The van der Waals surface area contributed by atoms with Gasteiger partial charge in [-0.25, -0.2) is 10.9 Å². The second-order valence-corrected chi connectivity index (χ2v) is 7.19. The molecule has 0 saturated carbocycles. The standard InChI is InChI=1S/C19H25N5O/c1-12(14-7-6-13-4-3-5-15(13)8-14)21-19(25)18-9-17(22-23-18)16-10-20-24(2)11-16/h6-8,10-12,17-18,22-23H,3-5,9H2,1-2H3,(H,21,25). The number of fused-ring (bicyclic) bond motifs is 1. The topological polar surface area (TPSA) is 71.0 Å². The summed E-state index contributed by atoms with van der Waals surface area (Å²) in [5.74, 6) is 0.0342. The van der Waals surface area contributed by atoms with E-state index in [1.54, 1.807) is 4.68 Å².